The van der Waals surface area contributed by atoms with Crippen molar-refractivity contribution in [3.63, 3.8) is 0 Å². The second kappa shape index (κ2) is 4.81. The van der Waals surface area contributed by atoms with Gasteiger partial charge in [0.2, 0.25) is 0 Å². The van der Waals surface area contributed by atoms with Crippen molar-refractivity contribution in [3.05, 3.63) is 24.0 Å². The summed E-state index contributed by atoms with van der Waals surface area (Å²) in [6.07, 6.45) is 3.14. The highest BCUT2D eigenvalue weighted by Crippen LogP contribution is 2.18. The molecule has 1 aromatic rings. The van der Waals surface area contributed by atoms with Gasteiger partial charge in [-0.25, -0.2) is 0 Å². The molecule has 1 atom stereocenters. The van der Waals surface area contributed by atoms with E-state index in [0.29, 0.717) is 12.0 Å². The summed E-state index contributed by atoms with van der Waals surface area (Å²) in [4.78, 5) is 6.40. The Balaban J connectivity index is 1.98. The Hall–Kier alpha value is -0.800. The highest BCUT2D eigenvalue weighted by molar-refractivity contribution is 6.16. The molecule has 2 heterocycles. The molecule has 1 aromatic heterocycles. The predicted molar refractivity (Wildman–Crippen MR) is 60.3 cm³/mol. The summed E-state index contributed by atoms with van der Waals surface area (Å²) in [6.45, 7) is 2.11. The van der Waals surface area contributed by atoms with E-state index in [2.05, 4.69) is 16.9 Å². The summed E-state index contributed by atoms with van der Waals surface area (Å²) in [5.74, 6) is 1.31. The van der Waals surface area contributed by atoms with E-state index in [1.807, 2.05) is 12.1 Å². The zero-order chi connectivity index (χ0) is 10.7. The van der Waals surface area contributed by atoms with Gasteiger partial charge in [0.25, 0.3) is 0 Å². The Morgan fingerprint density at radius 1 is 1.67 bits per heavy atom. The van der Waals surface area contributed by atoms with Gasteiger partial charge in [0.1, 0.15) is 11.9 Å². The smallest absolute Gasteiger partial charge is 0.123 e. The Kier molecular flexibility index (Phi) is 3.44. The minimum atomic E-state index is 0.306. The molecule has 1 fully saturated rings. The van der Waals surface area contributed by atoms with E-state index in [9.17, 15) is 0 Å². The average Bonchev–Trinajstić information content (AvgIpc) is 2.64. The summed E-state index contributed by atoms with van der Waals surface area (Å²) in [5.41, 5.74) is 0.862. The van der Waals surface area contributed by atoms with Crippen LogP contribution in [0.15, 0.2) is 18.3 Å². The monoisotopic (exact) mass is 226 g/mol. The SMILES string of the molecule is CN1CCC(Oc2ccnc(CCl)c2)C1. The molecule has 0 radical (unpaired) electrons. The maximum Gasteiger partial charge on any atom is 0.123 e. The number of halogens is 1. The maximum absolute atomic E-state index is 5.85. The van der Waals surface area contributed by atoms with Gasteiger partial charge in [-0.2, -0.15) is 0 Å². The van der Waals surface area contributed by atoms with Crippen LogP contribution in [-0.2, 0) is 5.88 Å². The zero-order valence-electron chi connectivity index (χ0n) is 8.82. The number of likely N-dealkylation sites (tertiary alicyclic amines) is 1. The molecule has 1 aliphatic heterocycles. The fraction of sp³-hybridized carbons (Fsp3) is 0.545. The van der Waals surface area contributed by atoms with Gasteiger partial charge in [0.05, 0.1) is 11.6 Å². The van der Waals surface area contributed by atoms with Crippen molar-refractivity contribution in [1.29, 1.82) is 0 Å². The summed E-state index contributed by atoms with van der Waals surface area (Å²) in [7, 11) is 2.11. The van der Waals surface area contributed by atoms with Crippen LogP contribution >= 0.6 is 11.6 Å². The summed E-state index contributed by atoms with van der Waals surface area (Å²) in [6, 6.07) is 3.79. The van der Waals surface area contributed by atoms with E-state index in [1.165, 1.54) is 0 Å². The number of hydrogen-bond acceptors (Lipinski definition) is 3. The molecule has 0 amide bonds. The lowest BCUT2D eigenvalue weighted by molar-refractivity contribution is 0.208. The fourth-order valence-electron chi connectivity index (χ4n) is 1.79. The standard InChI is InChI=1S/C11H15ClN2O/c1-14-5-3-11(8-14)15-10-2-4-13-9(6-10)7-12/h2,4,6,11H,3,5,7-8H2,1H3. The van der Waals surface area contributed by atoms with Crippen LogP contribution in [0.2, 0.25) is 0 Å². The van der Waals surface area contributed by atoms with Crippen molar-refractivity contribution >= 4 is 11.6 Å². The van der Waals surface area contributed by atoms with Crippen molar-refractivity contribution in [2.45, 2.75) is 18.4 Å². The van der Waals surface area contributed by atoms with Crippen LogP contribution in [0, 0.1) is 0 Å². The van der Waals surface area contributed by atoms with Gasteiger partial charge in [-0.15, -0.1) is 11.6 Å². The Bertz CT molecular complexity index is 332. The molecule has 0 N–H and O–H groups in total. The lowest BCUT2D eigenvalue weighted by atomic mass is 10.3. The first-order valence-electron chi connectivity index (χ1n) is 5.14. The van der Waals surface area contributed by atoms with Crippen molar-refractivity contribution < 1.29 is 4.74 Å². The topological polar surface area (TPSA) is 25.4 Å². The van der Waals surface area contributed by atoms with Gasteiger partial charge in [-0.3, -0.25) is 4.98 Å². The third kappa shape index (κ3) is 2.83. The molecule has 1 saturated heterocycles. The first kappa shape index (κ1) is 10.7. The molecule has 3 nitrogen and oxygen atoms in total. The van der Waals surface area contributed by atoms with Crippen LogP contribution in [-0.4, -0.2) is 36.1 Å². The third-order valence-corrected chi connectivity index (χ3v) is 2.85. The van der Waals surface area contributed by atoms with Crippen LogP contribution < -0.4 is 4.74 Å². The van der Waals surface area contributed by atoms with Crippen LogP contribution in [0.1, 0.15) is 12.1 Å². The zero-order valence-corrected chi connectivity index (χ0v) is 9.57. The molecule has 0 spiro atoms. The molecule has 82 valence electrons. The number of rotatable bonds is 3. The van der Waals surface area contributed by atoms with Gasteiger partial charge in [-0.05, 0) is 19.5 Å². The van der Waals surface area contributed by atoms with E-state index in [4.69, 9.17) is 16.3 Å². The van der Waals surface area contributed by atoms with E-state index in [0.717, 1.165) is 31.0 Å². The quantitative estimate of drug-likeness (QED) is 0.737. The number of nitrogens with zero attached hydrogens (tertiary/aromatic N) is 2. The van der Waals surface area contributed by atoms with E-state index >= 15 is 0 Å². The van der Waals surface area contributed by atoms with Gasteiger partial charge < -0.3 is 9.64 Å². The van der Waals surface area contributed by atoms with Gasteiger partial charge in [0.15, 0.2) is 0 Å². The molecule has 0 aromatic carbocycles. The maximum atomic E-state index is 5.85. The molecule has 0 bridgehead atoms. The van der Waals surface area contributed by atoms with E-state index in [-0.39, 0.29) is 0 Å². The number of pyridine rings is 1. The molecule has 15 heavy (non-hydrogen) atoms. The van der Waals surface area contributed by atoms with Crippen molar-refractivity contribution in [1.82, 2.24) is 9.88 Å². The second-order valence-corrected chi connectivity index (χ2v) is 4.17. The minimum Gasteiger partial charge on any atom is -0.489 e. The Morgan fingerprint density at radius 3 is 3.20 bits per heavy atom. The second-order valence-electron chi connectivity index (χ2n) is 3.91. The van der Waals surface area contributed by atoms with Crippen LogP contribution in [0.3, 0.4) is 0 Å². The van der Waals surface area contributed by atoms with Crippen molar-refractivity contribution in [3.8, 4) is 5.75 Å². The molecule has 0 aliphatic carbocycles. The van der Waals surface area contributed by atoms with E-state index < -0.39 is 0 Å². The van der Waals surface area contributed by atoms with Gasteiger partial charge >= 0.3 is 0 Å². The lowest BCUT2D eigenvalue weighted by Gasteiger charge is -2.13. The first-order chi connectivity index (χ1) is 7.28. The third-order valence-electron chi connectivity index (χ3n) is 2.58. The van der Waals surface area contributed by atoms with E-state index in [1.54, 1.807) is 6.20 Å². The van der Waals surface area contributed by atoms with Crippen LogP contribution in [0.4, 0.5) is 0 Å². The summed E-state index contributed by atoms with van der Waals surface area (Å²) in [5, 5.41) is 0. The Morgan fingerprint density at radius 2 is 2.53 bits per heavy atom. The summed E-state index contributed by atoms with van der Waals surface area (Å²) < 4.78 is 5.85. The normalized spacial score (nSPS) is 21.9. The number of likely N-dealkylation sites (N-methyl/N-ethyl adjacent to an activating group) is 1. The first-order valence-corrected chi connectivity index (χ1v) is 5.67. The molecule has 0 saturated carbocycles. The highest BCUT2D eigenvalue weighted by atomic mass is 35.5. The molecule has 1 aliphatic rings. The number of ether oxygens (including phenoxy) is 1. The number of aromatic nitrogens is 1. The van der Waals surface area contributed by atoms with Gasteiger partial charge in [-0.1, -0.05) is 0 Å². The minimum absolute atomic E-state index is 0.306. The number of hydrogen-bond donors (Lipinski definition) is 0. The molecular formula is C11H15ClN2O. The predicted octanol–water partition coefficient (Wildman–Crippen LogP) is 1.90. The molecule has 4 heteroatoms. The lowest BCUT2D eigenvalue weighted by Crippen LogP contribution is -2.21. The fourth-order valence-corrected chi connectivity index (χ4v) is 1.93. The Labute approximate surface area is 95.0 Å². The molecular weight excluding hydrogens is 212 g/mol. The number of alkyl halides is 1. The van der Waals surface area contributed by atoms with Crippen molar-refractivity contribution in [2.75, 3.05) is 20.1 Å². The molecule has 2 rings (SSSR count). The molecule has 1 unspecified atom stereocenters. The van der Waals surface area contributed by atoms with Crippen LogP contribution in [0.25, 0.3) is 0 Å². The van der Waals surface area contributed by atoms with Crippen molar-refractivity contribution in [2.24, 2.45) is 0 Å². The highest BCUT2D eigenvalue weighted by Gasteiger charge is 2.20. The largest absolute Gasteiger partial charge is 0.489 e. The van der Waals surface area contributed by atoms with Gasteiger partial charge in [0, 0.05) is 25.4 Å². The average molecular weight is 227 g/mol. The van der Waals surface area contributed by atoms with Crippen LogP contribution in [0.5, 0.6) is 5.75 Å². The summed E-state index contributed by atoms with van der Waals surface area (Å²) >= 11 is 5.71.